The number of fused-ring (bicyclic) bond motifs is 1. The second kappa shape index (κ2) is 3.35. The Hall–Kier alpha value is -1.48. The highest BCUT2D eigenvalue weighted by Gasteiger charge is 2.07. The molecule has 3 nitrogen and oxygen atoms in total. The van der Waals surface area contributed by atoms with Gasteiger partial charge in [0.1, 0.15) is 0 Å². The van der Waals surface area contributed by atoms with Crippen LogP contribution in [0.5, 0.6) is 0 Å². The predicted octanol–water partition coefficient (Wildman–Crippen LogP) is 2.45. The first kappa shape index (κ1) is 9.09. The number of carbonyl (C=O) groups is 1. The van der Waals surface area contributed by atoms with Crippen LogP contribution in [0.4, 0.5) is 0 Å². The molecule has 0 aliphatic rings. The van der Waals surface area contributed by atoms with E-state index in [-0.39, 0.29) is 6.42 Å². The fraction of sp³-hybridized carbons (Fsp3) is 0.100. The Kier molecular flexibility index (Phi) is 2.17. The SMILES string of the molecule is O=C(O)Cc1cc(Cl)cc2[nH]ccc12. The Morgan fingerprint density at radius 2 is 2.29 bits per heavy atom. The van der Waals surface area contributed by atoms with E-state index in [1.165, 1.54) is 0 Å². The van der Waals surface area contributed by atoms with Crippen LogP contribution in [0.1, 0.15) is 5.56 Å². The van der Waals surface area contributed by atoms with E-state index in [9.17, 15) is 4.79 Å². The van der Waals surface area contributed by atoms with Gasteiger partial charge in [0.25, 0.3) is 0 Å². The zero-order valence-corrected chi connectivity index (χ0v) is 8.01. The summed E-state index contributed by atoms with van der Waals surface area (Å²) in [6, 6.07) is 5.32. The van der Waals surface area contributed by atoms with Gasteiger partial charge in [0, 0.05) is 22.1 Å². The maximum Gasteiger partial charge on any atom is 0.307 e. The number of hydrogen-bond acceptors (Lipinski definition) is 1. The van der Waals surface area contributed by atoms with Crippen molar-refractivity contribution in [2.24, 2.45) is 0 Å². The summed E-state index contributed by atoms with van der Waals surface area (Å²) in [5.41, 5.74) is 1.61. The average molecular weight is 210 g/mol. The molecule has 1 aromatic carbocycles. The van der Waals surface area contributed by atoms with Crippen LogP contribution >= 0.6 is 11.6 Å². The number of H-pyrrole nitrogens is 1. The van der Waals surface area contributed by atoms with Crippen molar-refractivity contribution in [3.05, 3.63) is 35.0 Å². The predicted molar refractivity (Wildman–Crippen MR) is 54.6 cm³/mol. The third-order valence-corrected chi connectivity index (χ3v) is 2.28. The number of carboxylic acid groups (broad SMARTS) is 1. The van der Waals surface area contributed by atoms with Gasteiger partial charge in [0.2, 0.25) is 0 Å². The molecule has 1 aromatic heterocycles. The minimum absolute atomic E-state index is 0.00505. The molecule has 2 N–H and O–H groups in total. The van der Waals surface area contributed by atoms with E-state index in [4.69, 9.17) is 16.7 Å². The van der Waals surface area contributed by atoms with Gasteiger partial charge in [0.15, 0.2) is 0 Å². The summed E-state index contributed by atoms with van der Waals surface area (Å²) in [5, 5.41) is 10.2. The number of halogens is 1. The summed E-state index contributed by atoms with van der Waals surface area (Å²) >= 11 is 5.85. The van der Waals surface area contributed by atoms with Crippen LogP contribution in [0.15, 0.2) is 24.4 Å². The molecule has 0 aliphatic carbocycles. The molecule has 0 radical (unpaired) electrons. The second-order valence-corrected chi connectivity index (χ2v) is 3.51. The molecule has 0 unspecified atom stereocenters. The van der Waals surface area contributed by atoms with Crippen molar-refractivity contribution in [2.75, 3.05) is 0 Å². The monoisotopic (exact) mass is 209 g/mol. The summed E-state index contributed by atoms with van der Waals surface area (Å²) in [5.74, 6) is -0.852. The molecular weight excluding hydrogens is 202 g/mol. The largest absolute Gasteiger partial charge is 0.481 e. The lowest BCUT2D eigenvalue weighted by Gasteiger charge is -2.00. The second-order valence-electron chi connectivity index (χ2n) is 3.07. The number of hydrogen-bond donors (Lipinski definition) is 2. The van der Waals surface area contributed by atoms with Crippen LogP contribution in [0.3, 0.4) is 0 Å². The number of benzene rings is 1. The zero-order valence-electron chi connectivity index (χ0n) is 7.25. The molecule has 2 aromatic rings. The van der Waals surface area contributed by atoms with Crippen LogP contribution < -0.4 is 0 Å². The minimum atomic E-state index is -0.852. The Balaban J connectivity index is 2.60. The third kappa shape index (κ3) is 1.59. The molecule has 0 fully saturated rings. The van der Waals surface area contributed by atoms with E-state index >= 15 is 0 Å². The number of rotatable bonds is 2. The van der Waals surface area contributed by atoms with Crippen LogP contribution in [-0.4, -0.2) is 16.1 Å². The lowest BCUT2D eigenvalue weighted by Crippen LogP contribution is -2.00. The summed E-state index contributed by atoms with van der Waals surface area (Å²) in [6.07, 6.45) is 1.77. The van der Waals surface area contributed by atoms with Crippen molar-refractivity contribution in [3.8, 4) is 0 Å². The Morgan fingerprint density at radius 3 is 3.00 bits per heavy atom. The number of aromatic amines is 1. The maximum absolute atomic E-state index is 10.6. The van der Waals surface area contributed by atoms with E-state index in [0.717, 1.165) is 16.5 Å². The minimum Gasteiger partial charge on any atom is -0.481 e. The van der Waals surface area contributed by atoms with Gasteiger partial charge in [0.05, 0.1) is 6.42 Å². The van der Waals surface area contributed by atoms with Crippen molar-refractivity contribution in [3.63, 3.8) is 0 Å². The first-order valence-corrected chi connectivity index (χ1v) is 4.52. The first-order valence-electron chi connectivity index (χ1n) is 4.14. The number of aromatic nitrogens is 1. The molecule has 0 atom stereocenters. The van der Waals surface area contributed by atoms with Gasteiger partial charge < -0.3 is 10.1 Å². The van der Waals surface area contributed by atoms with Gasteiger partial charge in [-0.15, -0.1) is 0 Å². The van der Waals surface area contributed by atoms with Crippen molar-refractivity contribution in [1.82, 2.24) is 4.98 Å². The average Bonchev–Trinajstić information content (AvgIpc) is 2.50. The number of carboxylic acids is 1. The normalized spacial score (nSPS) is 10.6. The fourth-order valence-corrected chi connectivity index (χ4v) is 1.76. The van der Waals surface area contributed by atoms with Crippen molar-refractivity contribution in [1.29, 1.82) is 0 Å². The summed E-state index contributed by atoms with van der Waals surface area (Å²) in [4.78, 5) is 13.6. The molecule has 1 heterocycles. The Morgan fingerprint density at radius 1 is 1.50 bits per heavy atom. The van der Waals surface area contributed by atoms with Crippen LogP contribution in [-0.2, 0) is 11.2 Å². The topological polar surface area (TPSA) is 53.1 Å². The highest BCUT2D eigenvalue weighted by molar-refractivity contribution is 6.31. The molecule has 4 heteroatoms. The zero-order chi connectivity index (χ0) is 10.1. The molecule has 0 saturated carbocycles. The van der Waals surface area contributed by atoms with Crippen molar-refractivity contribution >= 4 is 28.5 Å². The Bertz CT molecular complexity index is 490. The fourth-order valence-electron chi connectivity index (χ4n) is 1.51. The number of nitrogens with one attached hydrogen (secondary N) is 1. The summed E-state index contributed by atoms with van der Waals surface area (Å²) in [7, 11) is 0. The van der Waals surface area contributed by atoms with Crippen LogP contribution in [0.2, 0.25) is 5.02 Å². The maximum atomic E-state index is 10.6. The highest BCUT2D eigenvalue weighted by atomic mass is 35.5. The molecule has 0 bridgehead atoms. The molecule has 0 saturated heterocycles. The summed E-state index contributed by atoms with van der Waals surface area (Å²) < 4.78 is 0. The van der Waals surface area contributed by atoms with Gasteiger partial charge in [-0.2, -0.15) is 0 Å². The summed E-state index contributed by atoms with van der Waals surface area (Å²) in [6.45, 7) is 0. The van der Waals surface area contributed by atoms with Gasteiger partial charge in [-0.3, -0.25) is 4.79 Å². The molecule has 2 rings (SSSR count). The van der Waals surface area contributed by atoms with Crippen molar-refractivity contribution in [2.45, 2.75) is 6.42 Å². The van der Waals surface area contributed by atoms with Crippen LogP contribution in [0.25, 0.3) is 10.9 Å². The first-order chi connectivity index (χ1) is 6.66. The Labute approximate surface area is 85.3 Å². The van der Waals surface area contributed by atoms with Gasteiger partial charge in [-0.25, -0.2) is 0 Å². The molecule has 72 valence electrons. The molecule has 0 aliphatic heterocycles. The molecule has 0 spiro atoms. The standard InChI is InChI=1S/C10H8ClNO2/c11-7-3-6(4-10(13)14)8-1-2-12-9(8)5-7/h1-3,5,12H,4H2,(H,13,14). The smallest absolute Gasteiger partial charge is 0.307 e. The van der Waals surface area contributed by atoms with Gasteiger partial charge in [-0.05, 0) is 23.8 Å². The molecule has 0 amide bonds. The lowest BCUT2D eigenvalue weighted by atomic mass is 10.1. The van der Waals surface area contributed by atoms with E-state index in [0.29, 0.717) is 5.02 Å². The van der Waals surface area contributed by atoms with Gasteiger partial charge >= 0.3 is 5.97 Å². The highest BCUT2D eigenvalue weighted by Crippen LogP contribution is 2.23. The van der Waals surface area contributed by atoms with E-state index in [2.05, 4.69) is 4.98 Å². The quantitative estimate of drug-likeness (QED) is 0.798. The van der Waals surface area contributed by atoms with E-state index in [1.807, 2.05) is 6.07 Å². The van der Waals surface area contributed by atoms with E-state index in [1.54, 1.807) is 18.3 Å². The van der Waals surface area contributed by atoms with E-state index < -0.39 is 5.97 Å². The third-order valence-electron chi connectivity index (χ3n) is 2.06. The van der Waals surface area contributed by atoms with Crippen LogP contribution in [0, 0.1) is 0 Å². The number of aliphatic carboxylic acids is 1. The molecular formula is C10H8ClNO2. The lowest BCUT2D eigenvalue weighted by molar-refractivity contribution is -0.136. The van der Waals surface area contributed by atoms with Gasteiger partial charge in [-0.1, -0.05) is 11.6 Å². The van der Waals surface area contributed by atoms with Crippen molar-refractivity contribution < 1.29 is 9.90 Å². The molecule has 14 heavy (non-hydrogen) atoms.